The number of methoxy groups -OCH3 is 2. The van der Waals surface area contributed by atoms with Gasteiger partial charge in [0.2, 0.25) is 5.78 Å². The molecule has 9 nitrogen and oxygen atoms in total. The summed E-state index contributed by atoms with van der Waals surface area (Å²) >= 11 is 1.25. The largest absolute Gasteiger partial charge is 0.503 e. The van der Waals surface area contributed by atoms with Gasteiger partial charge in [-0.15, -0.1) is 0 Å². The zero-order valence-corrected chi connectivity index (χ0v) is 22.6. The molecule has 0 spiro atoms. The number of unbranched alkanes of at least 4 members (excludes halogenated alkanes) is 2. The van der Waals surface area contributed by atoms with E-state index in [1.165, 1.54) is 35.7 Å². The Morgan fingerprint density at radius 1 is 1.10 bits per heavy atom. The molecule has 0 saturated carbocycles. The lowest BCUT2D eigenvalue weighted by Gasteiger charge is -2.25. The molecular weight excluding hydrogens is 520 g/mol. The molecule has 1 amide bonds. The van der Waals surface area contributed by atoms with Crippen LogP contribution in [0.4, 0.5) is 5.13 Å². The second kappa shape index (κ2) is 11.2. The molecule has 1 unspecified atom stereocenters. The minimum Gasteiger partial charge on any atom is -0.503 e. The predicted octanol–water partition coefficient (Wildman–Crippen LogP) is 6.26. The van der Waals surface area contributed by atoms with Crippen molar-refractivity contribution in [2.45, 2.75) is 32.2 Å². The fraction of sp³-hybridized carbons (Fsp3) is 0.276. The van der Waals surface area contributed by atoms with E-state index in [-0.39, 0.29) is 11.3 Å². The fourth-order valence-corrected chi connectivity index (χ4v) is 5.54. The van der Waals surface area contributed by atoms with Gasteiger partial charge in [0, 0.05) is 0 Å². The highest BCUT2D eigenvalue weighted by atomic mass is 32.1. The second-order valence-electron chi connectivity index (χ2n) is 8.94. The van der Waals surface area contributed by atoms with E-state index in [4.69, 9.17) is 18.6 Å². The van der Waals surface area contributed by atoms with Gasteiger partial charge >= 0.3 is 0 Å². The molecule has 39 heavy (non-hydrogen) atoms. The Morgan fingerprint density at radius 3 is 2.67 bits per heavy atom. The summed E-state index contributed by atoms with van der Waals surface area (Å²) in [5.41, 5.74) is 1.09. The molecule has 3 heterocycles. The lowest BCUT2D eigenvalue weighted by Crippen LogP contribution is -2.31. The third-order valence-corrected chi connectivity index (χ3v) is 7.51. The monoisotopic (exact) mass is 548 g/mol. The first-order valence-electron chi connectivity index (χ1n) is 12.6. The number of ether oxygens (including phenoxy) is 3. The highest BCUT2D eigenvalue weighted by molar-refractivity contribution is 7.22. The van der Waals surface area contributed by atoms with E-state index >= 15 is 0 Å². The molecule has 10 heteroatoms. The van der Waals surface area contributed by atoms with Gasteiger partial charge in [-0.05, 0) is 54.4 Å². The lowest BCUT2D eigenvalue weighted by molar-refractivity contribution is -0.117. The van der Waals surface area contributed by atoms with Crippen molar-refractivity contribution in [3.8, 4) is 17.2 Å². The molecule has 0 radical (unpaired) electrons. The van der Waals surface area contributed by atoms with Crippen LogP contribution in [0.2, 0.25) is 0 Å². The topological polar surface area (TPSA) is 111 Å². The van der Waals surface area contributed by atoms with E-state index in [1.54, 1.807) is 43.5 Å². The maximum Gasteiger partial charge on any atom is 0.296 e. The first kappa shape index (κ1) is 26.3. The normalized spacial score (nSPS) is 15.3. The van der Waals surface area contributed by atoms with Crippen LogP contribution in [0.15, 0.2) is 70.5 Å². The van der Waals surface area contributed by atoms with E-state index in [0.717, 1.165) is 24.0 Å². The van der Waals surface area contributed by atoms with Gasteiger partial charge in [-0.2, -0.15) is 0 Å². The number of hydrogen-bond acceptors (Lipinski definition) is 9. The highest BCUT2D eigenvalue weighted by Gasteiger charge is 2.46. The first-order chi connectivity index (χ1) is 19.0. The average molecular weight is 549 g/mol. The summed E-state index contributed by atoms with van der Waals surface area (Å²) in [7, 11) is 3.10. The maximum atomic E-state index is 13.5. The number of Topliss-reactive ketones (excluding diaryl/α,β-unsaturated/α-hetero) is 1. The number of ketones is 1. The minimum absolute atomic E-state index is 0.00748. The number of hydrogen-bond donors (Lipinski definition) is 1. The van der Waals surface area contributed by atoms with Crippen molar-refractivity contribution < 1.29 is 33.3 Å². The van der Waals surface area contributed by atoms with Crippen molar-refractivity contribution in [2.24, 2.45) is 0 Å². The molecule has 0 fully saturated rings. The van der Waals surface area contributed by atoms with Gasteiger partial charge in [-0.1, -0.05) is 37.2 Å². The van der Waals surface area contributed by atoms with Crippen LogP contribution in [0.3, 0.4) is 0 Å². The summed E-state index contributed by atoms with van der Waals surface area (Å²) in [6.07, 6.45) is 4.40. The standard InChI is InChI=1S/C29H28N2O7S/c1-4-5-6-13-37-20-12-9-17(15-22(20)36-3)25-24(26(32)21-8-7-14-38-21)27(33)28(34)31(25)29-30-19-11-10-18(35-2)16-23(19)39-29/h7-12,14-16,25,33H,4-6,13H2,1-3H3. The predicted molar refractivity (Wildman–Crippen MR) is 147 cm³/mol. The zero-order chi connectivity index (χ0) is 27.5. The Bertz CT molecular complexity index is 1540. The molecule has 1 aliphatic rings. The number of aromatic nitrogens is 1. The van der Waals surface area contributed by atoms with Crippen LogP contribution in [0.5, 0.6) is 17.2 Å². The van der Waals surface area contributed by atoms with Crippen molar-refractivity contribution in [1.29, 1.82) is 0 Å². The van der Waals surface area contributed by atoms with Gasteiger partial charge in [0.25, 0.3) is 5.91 Å². The van der Waals surface area contributed by atoms with Crippen LogP contribution < -0.4 is 19.1 Å². The summed E-state index contributed by atoms with van der Waals surface area (Å²) < 4.78 is 23.0. The van der Waals surface area contributed by atoms with Crippen LogP contribution in [-0.2, 0) is 4.79 Å². The smallest absolute Gasteiger partial charge is 0.296 e. The molecule has 2 aromatic heterocycles. The number of benzene rings is 2. The van der Waals surface area contributed by atoms with Gasteiger partial charge in [0.05, 0.1) is 48.9 Å². The summed E-state index contributed by atoms with van der Waals surface area (Å²) in [6, 6.07) is 12.7. The first-order valence-corrected chi connectivity index (χ1v) is 13.4. The maximum absolute atomic E-state index is 13.5. The van der Waals surface area contributed by atoms with Gasteiger partial charge < -0.3 is 23.7 Å². The van der Waals surface area contributed by atoms with Gasteiger partial charge in [-0.25, -0.2) is 4.98 Å². The number of aliphatic hydroxyl groups excluding tert-OH is 1. The highest BCUT2D eigenvalue weighted by Crippen LogP contribution is 2.46. The Kier molecular flexibility index (Phi) is 7.56. The van der Waals surface area contributed by atoms with E-state index < -0.39 is 23.5 Å². The average Bonchev–Trinajstić information content (AvgIpc) is 3.69. The van der Waals surface area contributed by atoms with Gasteiger partial charge in [0.1, 0.15) is 5.75 Å². The molecule has 1 aliphatic heterocycles. The molecule has 1 N–H and O–H groups in total. The number of carbonyl (C=O) groups is 2. The number of nitrogens with zero attached hydrogens (tertiary/aromatic N) is 2. The van der Waals surface area contributed by atoms with Crippen molar-refractivity contribution in [2.75, 3.05) is 25.7 Å². The number of furan rings is 1. The minimum atomic E-state index is -0.986. The molecule has 5 rings (SSSR count). The van der Waals surface area contributed by atoms with Crippen molar-refractivity contribution in [3.05, 3.63) is 77.5 Å². The number of fused-ring (bicyclic) bond motifs is 1. The number of carbonyl (C=O) groups excluding carboxylic acids is 2. The zero-order valence-electron chi connectivity index (χ0n) is 21.8. The van der Waals surface area contributed by atoms with Crippen LogP contribution in [0.1, 0.15) is 48.3 Å². The van der Waals surface area contributed by atoms with Crippen molar-refractivity contribution in [1.82, 2.24) is 4.98 Å². The second-order valence-corrected chi connectivity index (χ2v) is 9.95. The van der Waals surface area contributed by atoms with Crippen molar-refractivity contribution in [3.63, 3.8) is 0 Å². The van der Waals surface area contributed by atoms with Gasteiger partial charge in [-0.3, -0.25) is 14.5 Å². The number of aliphatic hydroxyl groups is 1. The molecule has 0 bridgehead atoms. The molecule has 202 valence electrons. The SMILES string of the molecule is CCCCCOc1ccc(C2C(C(=O)c3ccco3)=C(O)C(=O)N2c2nc3ccc(OC)cc3s2)cc1OC. The summed E-state index contributed by atoms with van der Waals surface area (Å²) in [6.45, 7) is 2.66. The Morgan fingerprint density at radius 2 is 1.95 bits per heavy atom. The van der Waals surface area contributed by atoms with E-state index in [2.05, 4.69) is 11.9 Å². The molecule has 2 aromatic carbocycles. The number of amides is 1. The Hall–Kier alpha value is -4.31. The summed E-state index contributed by atoms with van der Waals surface area (Å²) in [5, 5.41) is 11.3. The Balaban J connectivity index is 1.60. The number of thiazole rings is 1. The molecule has 0 aliphatic carbocycles. The third kappa shape index (κ3) is 4.95. The van der Waals surface area contributed by atoms with Crippen LogP contribution in [0.25, 0.3) is 10.2 Å². The fourth-order valence-electron chi connectivity index (χ4n) is 4.52. The van der Waals surface area contributed by atoms with Crippen LogP contribution >= 0.6 is 11.3 Å². The molecule has 4 aromatic rings. The van der Waals surface area contributed by atoms with E-state index in [9.17, 15) is 14.7 Å². The van der Waals surface area contributed by atoms with E-state index in [0.29, 0.717) is 40.1 Å². The summed E-state index contributed by atoms with van der Waals surface area (Å²) in [4.78, 5) is 33.0. The quantitative estimate of drug-likeness (QED) is 0.173. The van der Waals surface area contributed by atoms with Crippen molar-refractivity contribution >= 4 is 38.4 Å². The van der Waals surface area contributed by atoms with Crippen LogP contribution in [0, 0.1) is 0 Å². The number of anilines is 1. The van der Waals surface area contributed by atoms with Crippen LogP contribution in [-0.4, -0.2) is 42.6 Å². The lowest BCUT2D eigenvalue weighted by atomic mass is 9.95. The van der Waals surface area contributed by atoms with E-state index in [1.807, 2.05) is 6.07 Å². The third-order valence-electron chi connectivity index (χ3n) is 6.50. The van der Waals surface area contributed by atoms with Gasteiger partial charge in [0.15, 0.2) is 28.1 Å². The summed E-state index contributed by atoms with van der Waals surface area (Å²) in [5.74, 6) is -0.338. The Labute approximate surface area is 229 Å². The molecule has 1 atom stereocenters. The number of rotatable bonds is 11. The molecular formula is C29H28N2O7S. The molecule has 0 saturated heterocycles.